The van der Waals surface area contributed by atoms with E-state index in [0.717, 1.165) is 24.2 Å². The lowest BCUT2D eigenvalue weighted by Crippen LogP contribution is -2.31. The van der Waals surface area contributed by atoms with Gasteiger partial charge in [-0.3, -0.25) is 4.90 Å². The minimum Gasteiger partial charge on any atom is -0.497 e. The minimum absolute atomic E-state index is 0.242. The van der Waals surface area contributed by atoms with Gasteiger partial charge in [0.1, 0.15) is 11.6 Å². The maximum atomic E-state index is 14.0. The van der Waals surface area contributed by atoms with Crippen molar-refractivity contribution in [1.82, 2.24) is 14.9 Å². The van der Waals surface area contributed by atoms with Crippen LogP contribution in [0.5, 0.6) is 5.75 Å². The molecular formula is C15H17FN4O. The first-order valence-electron chi connectivity index (χ1n) is 6.81. The van der Waals surface area contributed by atoms with Crippen LogP contribution in [0.25, 0.3) is 0 Å². The molecule has 5 nitrogen and oxygen atoms in total. The van der Waals surface area contributed by atoms with Crippen LogP contribution in [0.3, 0.4) is 0 Å². The van der Waals surface area contributed by atoms with Crippen LogP contribution < -0.4 is 10.5 Å². The number of anilines is 1. The van der Waals surface area contributed by atoms with Crippen LogP contribution in [0.2, 0.25) is 0 Å². The summed E-state index contributed by atoms with van der Waals surface area (Å²) in [4.78, 5) is 10.4. The SMILES string of the molecule is COc1ccc(CN2CCc3nc(N)ncc3C2)c(F)c1. The van der Waals surface area contributed by atoms with Crippen molar-refractivity contribution in [2.75, 3.05) is 19.4 Å². The molecule has 0 amide bonds. The van der Waals surface area contributed by atoms with Crippen molar-refractivity contribution in [1.29, 1.82) is 0 Å². The lowest BCUT2D eigenvalue weighted by atomic mass is 10.1. The smallest absolute Gasteiger partial charge is 0.220 e. The molecule has 1 aliphatic heterocycles. The Morgan fingerprint density at radius 2 is 2.29 bits per heavy atom. The molecule has 0 aliphatic carbocycles. The third kappa shape index (κ3) is 2.95. The molecule has 0 saturated carbocycles. The van der Waals surface area contributed by atoms with Crippen molar-refractivity contribution >= 4 is 5.95 Å². The van der Waals surface area contributed by atoms with E-state index in [0.29, 0.717) is 30.4 Å². The number of halogens is 1. The number of hydrogen-bond acceptors (Lipinski definition) is 5. The summed E-state index contributed by atoms with van der Waals surface area (Å²) in [6.07, 6.45) is 2.56. The Bertz CT molecular complexity index is 662. The Kier molecular flexibility index (Phi) is 3.70. The predicted molar refractivity (Wildman–Crippen MR) is 77.2 cm³/mol. The lowest BCUT2D eigenvalue weighted by Gasteiger charge is -2.28. The fourth-order valence-corrected chi connectivity index (χ4v) is 2.55. The molecule has 0 saturated heterocycles. The minimum atomic E-state index is -0.242. The van der Waals surface area contributed by atoms with Gasteiger partial charge in [0, 0.05) is 49.4 Å². The molecule has 6 heteroatoms. The van der Waals surface area contributed by atoms with Crippen molar-refractivity contribution in [2.24, 2.45) is 0 Å². The summed E-state index contributed by atoms with van der Waals surface area (Å²) in [6.45, 7) is 2.09. The van der Waals surface area contributed by atoms with Crippen LogP contribution in [0.4, 0.5) is 10.3 Å². The first-order valence-corrected chi connectivity index (χ1v) is 6.81. The number of aromatic nitrogens is 2. The Morgan fingerprint density at radius 1 is 1.43 bits per heavy atom. The Hall–Kier alpha value is -2.21. The lowest BCUT2D eigenvalue weighted by molar-refractivity contribution is 0.239. The number of nitrogen functional groups attached to an aromatic ring is 1. The molecule has 2 aromatic rings. The number of methoxy groups -OCH3 is 1. The topological polar surface area (TPSA) is 64.3 Å². The van der Waals surface area contributed by atoms with Crippen LogP contribution >= 0.6 is 0 Å². The molecule has 2 N–H and O–H groups in total. The quantitative estimate of drug-likeness (QED) is 0.932. The van der Waals surface area contributed by atoms with E-state index >= 15 is 0 Å². The number of rotatable bonds is 3. The van der Waals surface area contributed by atoms with Crippen LogP contribution in [0, 0.1) is 5.82 Å². The van der Waals surface area contributed by atoms with Gasteiger partial charge in [-0.25, -0.2) is 14.4 Å². The third-order valence-corrected chi connectivity index (χ3v) is 3.69. The monoisotopic (exact) mass is 288 g/mol. The first kappa shape index (κ1) is 13.8. The molecule has 0 fully saturated rings. The summed E-state index contributed by atoms with van der Waals surface area (Å²) in [5, 5.41) is 0. The zero-order valence-electron chi connectivity index (χ0n) is 11.8. The number of nitrogens with two attached hydrogens (primary N) is 1. The second kappa shape index (κ2) is 5.65. The summed E-state index contributed by atoms with van der Waals surface area (Å²) >= 11 is 0. The number of nitrogens with zero attached hydrogens (tertiary/aromatic N) is 3. The fourth-order valence-electron chi connectivity index (χ4n) is 2.55. The summed E-state index contributed by atoms with van der Waals surface area (Å²) < 4.78 is 19.0. The van der Waals surface area contributed by atoms with Gasteiger partial charge in [0.2, 0.25) is 5.95 Å². The molecule has 1 aromatic carbocycles. The molecule has 110 valence electrons. The third-order valence-electron chi connectivity index (χ3n) is 3.69. The second-order valence-corrected chi connectivity index (χ2v) is 5.12. The van der Waals surface area contributed by atoms with Crippen LogP contribution in [-0.2, 0) is 19.5 Å². The molecule has 3 rings (SSSR count). The highest BCUT2D eigenvalue weighted by Crippen LogP contribution is 2.22. The molecule has 0 radical (unpaired) electrons. The van der Waals surface area contributed by atoms with E-state index in [9.17, 15) is 4.39 Å². The number of fused-ring (bicyclic) bond motifs is 1. The van der Waals surface area contributed by atoms with E-state index < -0.39 is 0 Å². The summed E-state index contributed by atoms with van der Waals surface area (Å²) in [5.74, 6) is 0.598. The average molecular weight is 288 g/mol. The van der Waals surface area contributed by atoms with Crippen molar-refractivity contribution in [2.45, 2.75) is 19.5 Å². The average Bonchev–Trinajstić information content (AvgIpc) is 2.49. The van der Waals surface area contributed by atoms with E-state index in [1.807, 2.05) is 0 Å². The Labute approximate surface area is 122 Å². The molecular weight excluding hydrogens is 271 g/mol. The van der Waals surface area contributed by atoms with Crippen LogP contribution in [0.1, 0.15) is 16.8 Å². The van der Waals surface area contributed by atoms with Crippen molar-refractivity contribution in [3.8, 4) is 5.75 Å². The molecule has 2 heterocycles. The predicted octanol–water partition coefficient (Wildman–Crippen LogP) is 1.76. The highest BCUT2D eigenvalue weighted by molar-refractivity contribution is 5.30. The molecule has 0 spiro atoms. The zero-order valence-corrected chi connectivity index (χ0v) is 11.8. The van der Waals surface area contributed by atoms with Gasteiger partial charge in [0.25, 0.3) is 0 Å². The van der Waals surface area contributed by atoms with Gasteiger partial charge in [0.05, 0.1) is 12.8 Å². The van der Waals surface area contributed by atoms with E-state index in [2.05, 4.69) is 14.9 Å². The van der Waals surface area contributed by atoms with E-state index in [4.69, 9.17) is 10.5 Å². The van der Waals surface area contributed by atoms with Gasteiger partial charge in [-0.2, -0.15) is 0 Å². The van der Waals surface area contributed by atoms with E-state index in [1.165, 1.54) is 13.2 Å². The van der Waals surface area contributed by atoms with Crippen LogP contribution in [-0.4, -0.2) is 28.5 Å². The molecule has 1 aliphatic rings. The van der Waals surface area contributed by atoms with Crippen molar-refractivity contribution < 1.29 is 9.13 Å². The fraction of sp³-hybridized carbons (Fsp3) is 0.333. The van der Waals surface area contributed by atoms with E-state index in [1.54, 1.807) is 18.3 Å². The summed E-state index contributed by atoms with van der Waals surface area (Å²) in [6, 6.07) is 4.96. The van der Waals surface area contributed by atoms with Crippen molar-refractivity contribution in [3.63, 3.8) is 0 Å². The highest BCUT2D eigenvalue weighted by Gasteiger charge is 2.19. The molecule has 0 atom stereocenters. The normalized spacial score (nSPS) is 14.8. The Balaban J connectivity index is 1.74. The van der Waals surface area contributed by atoms with Gasteiger partial charge < -0.3 is 10.5 Å². The Morgan fingerprint density at radius 3 is 3.05 bits per heavy atom. The van der Waals surface area contributed by atoms with Crippen molar-refractivity contribution in [3.05, 3.63) is 47.0 Å². The molecule has 21 heavy (non-hydrogen) atoms. The van der Waals surface area contributed by atoms with Gasteiger partial charge in [-0.1, -0.05) is 6.07 Å². The maximum Gasteiger partial charge on any atom is 0.220 e. The highest BCUT2D eigenvalue weighted by atomic mass is 19.1. The molecule has 1 aromatic heterocycles. The van der Waals surface area contributed by atoms with E-state index in [-0.39, 0.29) is 5.82 Å². The number of ether oxygens (including phenoxy) is 1. The number of benzene rings is 1. The van der Waals surface area contributed by atoms with Crippen LogP contribution in [0.15, 0.2) is 24.4 Å². The molecule has 0 unspecified atom stereocenters. The van der Waals surface area contributed by atoms with Gasteiger partial charge in [0.15, 0.2) is 0 Å². The maximum absolute atomic E-state index is 14.0. The largest absolute Gasteiger partial charge is 0.497 e. The van der Waals surface area contributed by atoms with Gasteiger partial charge in [-0.15, -0.1) is 0 Å². The first-order chi connectivity index (χ1) is 10.2. The second-order valence-electron chi connectivity index (χ2n) is 5.12. The summed E-state index contributed by atoms with van der Waals surface area (Å²) in [7, 11) is 1.53. The van der Waals surface area contributed by atoms with Gasteiger partial charge >= 0.3 is 0 Å². The van der Waals surface area contributed by atoms with Gasteiger partial charge in [-0.05, 0) is 6.07 Å². The molecule has 0 bridgehead atoms. The standard InChI is InChI=1S/C15H17FN4O/c1-21-12-3-2-10(13(16)6-12)8-20-5-4-14-11(9-20)7-18-15(17)19-14/h2-3,6-7H,4-5,8-9H2,1H3,(H2,17,18,19). The number of hydrogen-bond donors (Lipinski definition) is 1. The zero-order chi connectivity index (χ0) is 14.8. The summed E-state index contributed by atoms with van der Waals surface area (Å²) in [5.41, 5.74) is 8.31.